The average molecular weight is 364 g/mol. The highest BCUT2D eigenvalue weighted by Gasteiger charge is 2.31. The van der Waals surface area contributed by atoms with Crippen molar-refractivity contribution in [3.8, 4) is 0 Å². The van der Waals surface area contributed by atoms with Crippen LogP contribution in [-0.2, 0) is 6.42 Å². The lowest BCUT2D eigenvalue weighted by Gasteiger charge is -2.29. The lowest BCUT2D eigenvalue weighted by molar-refractivity contribution is 0.627. The van der Waals surface area contributed by atoms with E-state index >= 15 is 0 Å². The molecule has 0 spiro atoms. The molecule has 0 N–H and O–H groups in total. The van der Waals surface area contributed by atoms with Crippen LogP contribution in [0.4, 0.5) is 0 Å². The van der Waals surface area contributed by atoms with Gasteiger partial charge in [0.25, 0.3) is 0 Å². The SMILES string of the molecule is Clc1nc(C2Cc3ccccc32)nc(C2CCCC2)c1Br. The van der Waals surface area contributed by atoms with Gasteiger partial charge in [0.2, 0.25) is 0 Å². The quantitative estimate of drug-likeness (QED) is 0.682. The van der Waals surface area contributed by atoms with Gasteiger partial charge in [-0.05, 0) is 46.3 Å². The predicted molar refractivity (Wildman–Crippen MR) is 87.9 cm³/mol. The van der Waals surface area contributed by atoms with E-state index in [0.29, 0.717) is 17.0 Å². The van der Waals surface area contributed by atoms with Crippen molar-refractivity contribution in [2.24, 2.45) is 0 Å². The zero-order valence-electron chi connectivity index (χ0n) is 11.6. The molecule has 1 aromatic carbocycles. The molecule has 1 unspecified atom stereocenters. The van der Waals surface area contributed by atoms with Crippen molar-refractivity contribution in [1.29, 1.82) is 0 Å². The van der Waals surface area contributed by atoms with E-state index in [1.807, 2.05) is 0 Å². The molecular formula is C17H16BrClN2. The minimum atomic E-state index is 0.312. The van der Waals surface area contributed by atoms with E-state index in [4.69, 9.17) is 16.6 Å². The summed E-state index contributed by atoms with van der Waals surface area (Å²) < 4.78 is 0.896. The standard InChI is InChI=1S/C17H16BrClN2/c18-14-15(10-5-1-2-6-10)20-17(21-16(14)19)13-9-11-7-3-4-8-12(11)13/h3-4,7-8,10,13H,1-2,5-6,9H2. The van der Waals surface area contributed by atoms with Gasteiger partial charge < -0.3 is 0 Å². The molecule has 0 amide bonds. The van der Waals surface area contributed by atoms with Crippen molar-refractivity contribution in [3.63, 3.8) is 0 Å². The lowest BCUT2D eigenvalue weighted by atomic mass is 9.77. The number of nitrogens with zero attached hydrogens (tertiary/aromatic N) is 2. The molecule has 1 saturated carbocycles. The number of halogens is 2. The first-order valence-electron chi connectivity index (χ1n) is 7.54. The van der Waals surface area contributed by atoms with Gasteiger partial charge in [0.05, 0.1) is 10.2 Å². The van der Waals surface area contributed by atoms with Crippen LogP contribution in [0.2, 0.25) is 5.15 Å². The first-order valence-corrected chi connectivity index (χ1v) is 8.72. The summed E-state index contributed by atoms with van der Waals surface area (Å²) in [6, 6.07) is 8.54. The maximum absolute atomic E-state index is 6.35. The van der Waals surface area contributed by atoms with E-state index < -0.39 is 0 Å². The highest BCUT2D eigenvalue weighted by Crippen LogP contribution is 2.42. The number of aromatic nitrogens is 2. The van der Waals surface area contributed by atoms with Gasteiger partial charge in [-0.1, -0.05) is 48.7 Å². The Kier molecular flexibility index (Phi) is 3.50. The minimum Gasteiger partial charge on any atom is -0.236 e. The Morgan fingerprint density at radius 3 is 2.62 bits per heavy atom. The molecule has 2 nitrogen and oxygen atoms in total. The fourth-order valence-corrected chi connectivity index (χ4v) is 4.25. The van der Waals surface area contributed by atoms with Gasteiger partial charge >= 0.3 is 0 Å². The van der Waals surface area contributed by atoms with Crippen LogP contribution in [0.1, 0.15) is 60.2 Å². The fourth-order valence-electron chi connectivity index (χ4n) is 3.57. The molecule has 0 saturated heterocycles. The number of rotatable bonds is 2. The average Bonchev–Trinajstić information content (AvgIpc) is 2.98. The van der Waals surface area contributed by atoms with Gasteiger partial charge in [0.1, 0.15) is 11.0 Å². The van der Waals surface area contributed by atoms with Gasteiger partial charge in [-0.15, -0.1) is 0 Å². The van der Waals surface area contributed by atoms with Crippen LogP contribution < -0.4 is 0 Å². The van der Waals surface area contributed by atoms with Crippen molar-refractivity contribution in [1.82, 2.24) is 9.97 Å². The molecular weight excluding hydrogens is 348 g/mol. The molecule has 0 radical (unpaired) electrons. The summed E-state index contributed by atoms with van der Waals surface area (Å²) in [6.45, 7) is 0. The largest absolute Gasteiger partial charge is 0.236 e. The molecule has 2 aromatic rings. The molecule has 4 heteroatoms. The fraction of sp³-hybridized carbons (Fsp3) is 0.412. The maximum atomic E-state index is 6.35. The Balaban J connectivity index is 1.74. The third-order valence-electron chi connectivity index (χ3n) is 4.76. The minimum absolute atomic E-state index is 0.312. The molecule has 0 aliphatic heterocycles. The Hall–Kier alpha value is -0.930. The summed E-state index contributed by atoms with van der Waals surface area (Å²) in [5.74, 6) is 1.74. The second-order valence-corrected chi connectivity index (χ2v) is 7.16. The normalized spacial score (nSPS) is 21.1. The number of hydrogen-bond acceptors (Lipinski definition) is 2. The van der Waals surface area contributed by atoms with E-state index in [2.05, 4.69) is 45.2 Å². The number of benzene rings is 1. The Morgan fingerprint density at radius 1 is 1.10 bits per heavy atom. The van der Waals surface area contributed by atoms with E-state index in [9.17, 15) is 0 Å². The van der Waals surface area contributed by atoms with Gasteiger partial charge in [-0.3, -0.25) is 0 Å². The molecule has 1 atom stereocenters. The second kappa shape index (κ2) is 5.36. The second-order valence-electron chi connectivity index (χ2n) is 6.01. The highest BCUT2D eigenvalue weighted by atomic mass is 79.9. The van der Waals surface area contributed by atoms with Crippen LogP contribution in [0.15, 0.2) is 28.7 Å². The first kappa shape index (κ1) is 13.7. The maximum Gasteiger partial charge on any atom is 0.147 e. The molecule has 2 aliphatic rings. The Labute approximate surface area is 138 Å². The predicted octanol–water partition coefficient (Wildman–Crippen LogP) is 5.24. The summed E-state index contributed by atoms with van der Waals surface area (Å²) in [6.07, 6.45) is 6.04. The van der Waals surface area contributed by atoms with Crippen molar-refractivity contribution < 1.29 is 0 Å². The summed E-state index contributed by atoms with van der Waals surface area (Å²) in [5, 5.41) is 0.561. The van der Waals surface area contributed by atoms with Crippen LogP contribution in [0.25, 0.3) is 0 Å². The van der Waals surface area contributed by atoms with Crippen LogP contribution in [0, 0.1) is 0 Å². The van der Waals surface area contributed by atoms with Crippen molar-refractivity contribution in [2.75, 3.05) is 0 Å². The van der Waals surface area contributed by atoms with Crippen LogP contribution in [-0.4, -0.2) is 9.97 Å². The molecule has 1 heterocycles. The first-order chi connectivity index (χ1) is 10.2. The monoisotopic (exact) mass is 362 g/mol. The Morgan fingerprint density at radius 2 is 1.86 bits per heavy atom. The van der Waals surface area contributed by atoms with Crippen molar-refractivity contribution in [3.05, 3.63) is 56.5 Å². The van der Waals surface area contributed by atoms with Crippen LogP contribution >= 0.6 is 27.5 Å². The van der Waals surface area contributed by atoms with E-state index in [-0.39, 0.29) is 0 Å². The van der Waals surface area contributed by atoms with Crippen molar-refractivity contribution >= 4 is 27.5 Å². The molecule has 0 bridgehead atoms. The third kappa shape index (κ3) is 2.31. The number of fused-ring (bicyclic) bond motifs is 1. The lowest BCUT2D eigenvalue weighted by Crippen LogP contribution is -2.21. The van der Waals surface area contributed by atoms with Crippen molar-refractivity contribution in [2.45, 2.75) is 43.9 Å². The van der Waals surface area contributed by atoms with Crippen LogP contribution in [0.3, 0.4) is 0 Å². The molecule has 2 aliphatic carbocycles. The smallest absolute Gasteiger partial charge is 0.147 e. The molecule has 4 rings (SSSR count). The topological polar surface area (TPSA) is 25.8 Å². The van der Waals surface area contributed by atoms with E-state index in [1.165, 1.54) is 36.8 Å². The van der Waals surface area contributed by atoms with Gasteiger partial charge in [-0.2, -0.15) is 0 Å². The summed E-state index contributed by atoms with van der Waals surface area (Å²) >= 11 is 9.94. The van der Waals surface area contributed by atoms with Gasteiger partial charge in [0, 0.05) is 11.8 Å². The molecule has 108 valence electrons. The molecule has 1 aromatic heterocycles. The van der Waals surface area contributed by atoms with Crippen LogP contribution in [0.5, 0.6) is 0 Å². The Bertz CT molecular complexity index is 695. The van der Waals surface area contributed by atoms with E-state index in [1.54, 1.807) is 0 Å². The molecule has 21 heavy (non-hydrogen) atoms. The highest BCUT2D eigenvalue weighted by molar-refractivity contribution is 9.10. The summed E-state index contributed by atoms with van der Waals surface area (Å²) in [4.78, 5) is 9.43. The van der Waals surface area contributed by atoms with Gasteiger partial charge in [-0.25, -0.2) is 9.97 Å². The zero-order chi connectivity index (χ0) is 14.4. The number of hydrogen-bond donors (Lipinski definition) is 0. The molecule has 1 fully saturated rings. The summed E-state index contributed by atoms with van der Waals surface area (Å²) in [7, 11) is 0. The third-order valence-corrected chi connectivity index (χ3v) is 6.05. The zero-order valence-corrected chi connectivity index (χ0v) is 14.0. The van der Waals surface area contributed by atoms with E-state index in [0.717, 1.165) is 22.4 Å². The van der Waals surface area contributed by atoms with Gasteiger partial charge in [0.15, 0.2) is 0 Å². The summed E-state index contributed by atoms with van der Waals surface area (Å²) in [5.41, 5.74) is 3.88.